The van der Waals surface area contributed by atoms with Gasteiger partial charge in [-0.2, -0.15) is 0 Å². The zero-order valence-corrected chi connectivity index (χ0v) is 40.0. The molecule has 0 saturated carbocycles. The summed E-state index contributed by atoms with van der Waals surface area (Å²) in [7, 11) is 0. The summed E-state index contributed by atoms with van der Waals surface area (Å²) < 4.78 is 53.4. The second-order valence-corrected chi connectivity index (χ2v) is 22.8. The number of hydrogen-bond donors (Lipinski definition) is 0. The molecule has 65 heavy (non-hydrogen) atoms. The van der Waals surface area contributed by atoms with Gasteiger partial charge in [0, 0.05) is 50.8 Å². The minimum Gasteiger partial charge on any atom is -0.472 e. The molecule has 0 spiro atoms. The van der Waals surface area contributed by atoms with Crippen LogP contribution >= 0.6 is 0 Å². The van der Waals surface area contributed by atoms with Gasteiger partial charge in [-0.05, 0) is 142 Å². The molecule has 2 aliphatic heterocycles. The molecule has 6 aromatic carbocycles. The van der Waals surface area contributed by atoms with E-state index >= 15 is 0 Å². The van der Waals surface area contributed by atoms with Crippen molar-refractivity contribution < 1.29 is 11.3 Å². The molecule has 7 aromatic rings. The molecule has 3 heterocycles. The minimum absolute atomic E-state index is 0.00824. The standard InChI is InChI=1S/C60H64BN3O/c1-56(2,3)39-26-28-42(29-27-39)62(40-20-14-12-15-21-40)44-37-49-52-50(38-44)64(43-30-31-45-46(36-43)58(6,7)33-32-57(45,4)5)53-51-54(60(10,11)35-34-59(51,8)9)65-55(53)61(52)47-24-18-19-25-48(47)63(49)41-22-16-13-17-23-41/h12-31,36-38H,32-35H2,1-11H3/i12D,14D,15D,20D,21D. The van der Waals surface area contributed by atoms with Crippen LogP contribution in [0.3, 0.4) is 0 Å². The molecule has 0 atom stereocenters. The molecule has 5 heteroatoms. The number of hydrogen-bond acceptors (Lipinski definition) is 4. The molecule has 0 N–H and O–H groups in total. The molecule has 11 rings (SSSR count). The molecule has 0 bridgehead atoms. The van der Waals surface area contributed by atoms with E-state index in [1.54, 1.807) is 0 Å². The first-order chi connectivity index (χ1) is 32.9. The van der Waals surface area contributed by atoms with Crippen LogP contribution in [-0.4, -0.2) is 6.71 Å². The topological polar surface area (TPSA) is 22.9 Å². The van der Waals surface area contributed by atoms with Crippen LogP contribution in [0.15, 0.2) is 144 Å². The number of anilines is 9. The zero-order chi connectivity index (χ0) is 49.8. The van der Waals surface area contributed by atoms with E-state index < -0.39 is 6.04 Å². The van der Waals surface area contributed by atoms with E-state index in [0.29, 0.717) is 11.4 Å². The van der Waals surface area contributed by atoms with Crippen molar-refractivity contribution in [1.82, 2.24) is 0 Å². The number of fused-ring (bicyclic) bond motifs is 7. The Balaban J connectivity index is 1.32. The van der Waals surface area contributed by atoms with Crippen molar-refractivity contribution in [3.05, 3.63) is 167 Å². The van der Waals surface area contributed by atoms with Crippen LogP contribution in [0.4, 0.5) is 51.2 Å². The summed E-state index contributed by atoms with van der Waals surface area (Å²) in [6, 6.07) is 37.2. The Morgan fingerprint density at radius 1 is 0.569 bits per heavy atom. The Morgan fingerprint density at radius 2 is 1.18 bits per heavy atom. The van der Waals surface area contributed by atoms with Crippen molar-refractivity contribution in [2.75, 3.05) is 14.7 Å². The second kappa shape index (κ2) is 14.3. The van der Waals surface area contributed by atoms with E-state index in [1.807, 2.05) is 23.1 Å². The number of para-hydroxylation sites is 3. The molecule has 0 amide bonds. The first-order valence-corrected chi connectivity index (χ1v) is 23.7. The number of nitrogens with zero attached hydrogens (tertiary/aromatic N) is 3. The largest absolute Gasteiger partial charge is 0.472 e. The van der Waals surface area contributed by atoms with Gasteiger partial charge >= 0.3 is 0 Å². The van der Waals surface area contributed by atoms with Gasteiger partial charge in [0.05, 0.1) is 23.9 Å². The van der Waals surface area contributed by atoms with E-state index in [-0.39, 0.29) is 63.6 Å². The molecule has 2 aliphatic carbocycles. The monoisotopic (exact) mass is 859 g/mol. The molecule has 0 radical (unpaired) electrons. The van der Waals surface area contributed by atoms with Gasteiger partial charge in [0.2, 0.25) is 0 Å². The number of furan rings is 1. The Kier molecular flexibility index (Phi) is 7.98. The molecular formula is C60H64BN3O. The van der Waals surface area contributed by atoms with Crippen LogP contribution in [0.5, 0.6) is 0 Å². The minimum atomic E-state index is -0.426. The normalized spacial score (nSPS) is 19.3. The van der Waals surface area contributed by atoms with Crippen LogP contribution in [0.2, 0.25) is 0 Å². The smallest absolute Gasteiger partial charge is 0.297 e. The van der Waals surface area contributed by atoms with Gasteiger partial charge < -0.3 is 19.1 Å². The highest BCUT2D eigenvalue weighted by atomic mass is 16.3. The SMILES string of the molecule is [2H]c1c([2H])c([2H])c(N(c2ccc(C(C)(C)C)cc2)c2cc3c4c(c2)N(c2ccc5c(c2)C(C)(C)CCC5(C)C)c2c(oc5c2C(C)(C)CCC5(C)C)B4c2ccccc2N3c2ccccc2)c([2H])c1[2H]. The Hall–Kier alpha value is -5.94. The van der Waals surface area contributed by atoms with Gasteiger partial charge in [-0.15, -0.1) is 0 Å². The molecule has 0 saturated heterocycles. The van der Waals surface area contributed by atoms with E-state index in [9.17, 15) is 2.74 Å². The lowest BCUT2D eigenvalue weighted by molar-refractivity contribution is 0.282. The molecule has 328 valence electrons. The molecule has 1 aromatic heterocycles. The third-order valence-corrected chi connectivity index (χ3v) is 15.5. The molecular weight excluding hydrogens is 789 g/mol. The van der Waals surface area contributed by atoms with Crippen LogP contribution in [-0.2, 0) is 27.1 Å². The first-order valence-electron chi connectivity index (χ1n) is 26.2. The summed E-state index contributed by atoms with van der Waals surface area (Å²) >= 11 is 0. The fourth-order valence-corrected chi connectivity index (χ4v) is 11.6. The Morgan fingerprint density at radius 3 is 1.88 bits per heavy atom. The lowest BCUT2D eigenvalue weighted by Gasteiger charge is -2.46. The van der Waals surface area contributed by atoms with Gasteiger partial charge in [0.15, 0.2) is 0 Å². The Labute approximate surface area is 395 Å². The van der Waals surface area contributed by atoms with E-state index in [0.717, 1.165) is 87.7 Å². The van der Waals surface area contributed by atoms with Gasteiger partial charge in [0.1, 0.15) is 5.76 Å². The molecule has 4 nitrogen and oxygen atoms in total. The van der Waals surface area contributed by atoms with Crippen molar-refractivity contribution in [2.45, 2.75) is 129 Å². The average Bonchev–Trinajstić information content (AvgIpc) is 3.75. The molecule has 4 aliphatic rings. The van der Waals surface area contributed by atoms with Crippen molar-refractivity contribution >= 4 is 74.5 Å². The quantitative estimate of drug-likeness (QED) is 0.161. The molecule has 0 unspecified atom stereocenters. The lowest BCUT2D eigenvalue weighted by atomic mass is 9.35. The maximum Gasteiger partial charge on any atom is 0.297 e. The summed E-state index contributed by atoms with van der Waals surface area (Å²) in [6.07, 6.45) is 4.16. The van der Waals surface area contributed by atoms with Crippen molar-refractivity contribution in [3.63, 3.8) is 0 Å². The third-order valence-electron chi connectivity index (χ3n) is 15.5. The highest BCUT2D eigenvalue weighted by molar-refractivity contribution is 6.99. The maximum absolute atomic E-state index is 9.55. The number of benzene rings is 6. The van der Waals surface area contributed by atoms with Gasteiger partial charge in [-0.3, -0.25) is 0 Å². The summed E-state index contributed by atoms with van der Waals surface area (Å²) in [6.45, 7) is 25.2. The average molecular weight is 859 g/mol. The Bertz CT molecular complexity index is 3260. The summed E-state index contributed by atoms with van der Waals surface area (Å²) in [5, 5.41) is 0. The van der Waals surface area contributed by atoms with Crippen LogP contribution in [0, 0.1) is 0 Å². The fourth-order valence-electron chi connectivity index (χ4n) is 11.6. The van der Waals surface area contributed by atoms with E-state index in [4.69, 9.17) is 8.53 Å². The number of rotatable bonds is 5. The first kappa shape index (κ1) is 36.3. The predicted molar refractivity (Wildman–Crippen MR) is 277 cm³/mol. The second-order valence-electron chi connectivity index (χ2n) is 22.8. The van der Waals surface area contributed by atoms with Crippen LogP contribution in [0.1, 0.15) is 137 Å². The van der Waals surface area contributed by atoms with Gasteiger partial charge in [-0.1, -0.05) is 149 Å². The van der Waals surface area contributed by atoms with E-state index in [2.05, 4.69) is 177 Å². The van der Waals surface area contributed by atoms with E-state index in [1.165, 1.54) is 16.7 Å². The van der Waals surface area contributed by atoms with Crippen molar-refractivity contribution in [2.24, 2.45) is 0 Å². The van der Waals surface area contributed by atoms with Crippen LogP contribution < -0.4 is 31.3 Å². The van der Waals surface area contributed by atoms with Crippen molar-refractivity contribution in [1.29, 1.82) is 0 Å². The van der Waals surface area contributed by atoms with Crippen LogP contribution in [0.25, 0.3) is 0 Å². The fraction of sp³-hybridized carbons (Fsp3) is 0.333. The van der Waals surface area contributed by atoms with Crippen molar-refractivity contribution in [3.8, 4) is 0 Å². The third kappa shape index (κ3) is 6.46. The maximum atomic E-state index is 9.55. The summed E-state index contributed by atoms with van der Waals surface area (Å²) in [5.41, 5.74) is 15.0. The summed E-state index contributed by atoms with van der Waals surface area (Å²) in [4.78, 5) is 6.72. The van der Waals surface area contributed by atoms with Gasteiger partial charge in [0.25, 0.3) is 6.71 Å². The highest BCUT2D eigenvalue weighted by Gasteiger charge is 2.53. The lowest BCUT2D eigenvalue weighted by Crippen LogP contribution is -2.61. The predicted octanol–water partition coefficient (Wildman–Crippen LogP) is 14.8. The zero-order valence-electron chi connectivity index (χ0n) is 45.0. The summed E-state index contributed by atoms with van der Waals surface area (Å²) in [5.74, 6) is 1.04. The molecule has 0 fully saturated rings. The highest BCUT2D eigenvalue weighted by Crippen LogP contribution is 2.56. The van der Waals surface area contributed by atoms with Gasteiger partial charge in [-0.25, -0.2) is 0 Å².